The molecule has 3 unspecified atom stereocenters. The van der Waals surface area contributed by atoms with Gasteiger partial charge >= 0.3 is 5.97 Å². The zero-order valence-electron chi connectivity index (χ0n) is 12.5. The van der Waals surface area contributed by atoms with E-state index in [1.54, 1.807) is 5.48 Å². The van der Waals surface area contributed by atoms with Crippen LogP contribution < -0.4 is 5.48 Å². The van der Waals surface area contributed by atoms with Crippen LogP contribution in [0.4, 0.5) is 5.82 Å². The molecule has 0 amide bonds. The monoisotopic (exact) mass is 340 g/mol. The molecule has 1 saturated heterocycles. The number of ether oxygens (including phenoxy) is 1. The maximum atomic E-state index is 11.5. The second-order valence-electron chi connectivity index (χ2n) is 5.67. The number of rotatable bonds is 4. The minimum Gasteiger partial charge on any atom is -0.478 e. The Kier molecular flexibility index (Phi) is 3.89. The lowest BCUT2D eigenvalue weighted by atomic mass is 9.96. The van der Waals surface area contributed by atoms with Gasteiger partial charge in [-0.1, -0.05) is 0 Å². The Morgan fingerprint density at radius 1 is 1.50 bits per heavy atom. The fraction of sp³-hybridized carbons (Fsp3) is 0.462. The molecule has 6 N–H and O–H groups in total. The molecule has 11 nitrogen and oxygen atoms in total. The third kappa shape index (κ3) is 2.22. The van der Waals surface area contributed by atoms with Crippen molar-refractivity contribution in [3.8, 4) is 0 Å². The number of anilines is 1. The molecule has 0 radical (unpaired) electrons. The summed E-state index contributed by atoms with van der Waals surface area (Å²) in [6.45, 7) is 0.772. The average Bonchev–Trinajstić information content (AvgIpc) is 3.04. The van der Waals surface area contributed by atoms with Crippen LogP contribution in [0.2, 0.25) is 0 Å². The Morgan fingerprint density at radius 2 is 2.21 bits per heavy atom. The minimum absolute atomic E-state index is 0.00818. The van der Waals surface area contributed by atoms with E-state index in [0.717, 1.165) is 12.5 Å². The van der Waals surface area contributed by atoms with Crippen LogP contribution in [-0.2, 0) is 4.74 Å². The Balaban J connectivity index is 2.23. The molecule has 1 aliphatic heterocycles. The number of aromatic nitrogens is 3. The number of aliphatic hydroxyl groups excluding tert-OH is 2. The van der Waals surface area contributed by atoms with E-state index in [1.807, 2.05) is 0 Å². The van der Waals surface area contributed by atoms with Crippen molar-refractivity contribution < 1.29 is 35.2 Å². The molecule has 2 aromatic rings. The summed E-state index contributed by atoms with van der Waals surface area (Å²) in [4.78, 5) is 19.2. The van der Waals surface area contributed by atoms with Crippen molar-refractivity contribution in [2.24, 2.45) is 0 Å². The molecule has 0 spiro atoms. The largest absolute Gasteiger partial charge is 0.478 e. The van der Waals surface area contributed by atoms with Crippen LogP contribution in [0.25, 0.3) is 11.0 Å². The van der Waals surface area contributed by atoms with Gasteiger partial charge in [0.05, 0.1) is 17.6 Å². The summed E-state index contributed by atoms with van der Waals surface area (Å²) >= 11 is 0. The van der Waals surface area contributed by atoms with Gasteiger partial charge in [-0.05, 0) is 6.92 Å². The maximum absolute atomic E-state index is 11.5. The molecule has 24 heavy (non-hydrogen) atoms. The van der Waals surface area contributed by atoms with Crippen LogP contribution >= 0.6 is 0 Å². The predicted molar refractivity (Wildman–Crippen MR) is 77.5 cm³/mol. The number of nitrogens with one attached hydrogen (secondary N) is 1. The van der Waals surface area contributed by atoms with Crippen molar-refractivity contribution in [1.82, 2.24) is 14.5 Å². The number of aliphatic hydroxyl groups is 3. The van der Waals surface area contributed by atoms with Gasteiger partial charge in [0, 0.05) is 6.20 Å². The first-order chi connectivity index (χ1) is 11.3. The predicted octanol–water partition coefficient (Wildman–Crippen LogP) is -1.07. The molecule has 11 heteroatoms. The highest BCUT2D eigenvalue weighted by molar-refractivity contribution is 6.06. The molecule has 1 aliphatic rings. The van der Waals surface area contributed by atoms with Gasteiger partial charge in [-0.25, -0.2) is 14.8 Å². The second-order valence-corrected chi connectivity index (χ2v) is 5.67. The molecule has 4 atom stereocenters. The van der Waals surface area contributed by atoms with E-state index in [0.29, 0.717) is 0 Å². The number of carbonyl (C=O) groups is 1. The number of fused-ring (bicyclic) bond motifs is 1. The summed E-state index contributed by atoms with van der Waals surface area (Å²) in [6.07, 6.45) is -1.40. The number of hydrogen-bond donors (Lipinski definition) is 6. The van der Waals surface area contributed by atoms with Crippen molar-refractivity contribution in [3.63, 3.8) is 0 Å². The van der Waals surface area contributed by atoms with Crippen molar-refractivity contribution in [2.45, 2.75) is 31.0 Å². The second kappa shape index (κ2) is 5.65. The van der Waals surface area contributed by atoms with Gasteiger partial charge in [-0.15, -0.1) is 0 Å². The van der Waals surface area contributed by atoms with Crippen LogP contribution in [0.15, 0.2) is 12.5 Å². The lowest BCUT2D eigenvalue weighted by Gasteiger charge is -2.27. The fourth-order valence-electron chi connectivity index (χ4n) is 2.90. The van der Waals surface area contributed by atoms with E-state index in [9.17, 15) is 25.2 Å². The van der Waals surface area contributed by atoms with Gasteiger partial charge in [0.1, 0.15) is 29.8 Å². The highest BCUT2D eigenvalue weighted by atomic mass is 16.6. The zero-order chi connectivity index (χ0) is 17.6. The van der Waals surface area contributed by atoms with E-state index in [4.69, 9.17) is 9.94 Å². The third-order valence-electron chi connectivity index (χ3n) is 4.13. The molecule has 0 saturated carbocycles. The minimum atomic E-state index is -1.81. The van der Waals surface area contributed by atoms with Crippen LogP contribution in [0.3, 0.4) is 0 Å². The summed E-state index contributed by atoms with van der Waals surface area (Å²) in [5.74, 6) is -1.44. The van der Waals surface area contributed by atoms with Gasteiger partial charge in [-0.2, -0.15) is 0 Å². The first kappa shape index (κ1) is 16.5. The van der Waals surface area contributed by atoms with Gasteiger partial charge < -0.3 is 29.7 Å². The summed E-state index contributed by atoms with van der Waals surface area (Å²) < 4.78 is 6.70. The molecule has 0 bridgehead atoms. The first-order valence-electron chi connectivity index (χ1n) is 6.98. The Hall–Kier alpha value is -2.31. The van der Waals surface area contributed by atoms with Crippen molar-refractivity contribution in [2.75, 3.05) is 12.1 Å². The lowest BCUT2D eigenvalue weighted by molar-refractivity contribution is -0.0948. The molecule has 3 heterocycles. The molecule has 0 aliphatic carbocycles. The van der Waals surface area contributed by atoms with E-state index in [2.05, 4.69) is 9.97 Å². The van der Waals surface area contributed by atoms with Crippen LogP contribution in [-0.4, -0.2) is 70.6 Å². The van der Waals surface area contributed by atoms with Crippen molar-refractivity contribution in [1.29, 1.82) is 0 Å². The normalized spacial score (nSPS) is 30.0. The molecule has 130 valence electrons. The number of hydrogen-bond acceptors (Lipinski definition) is 9. The standard InChI is InChI=1S/C13H16N4O7/c1-13(22)8(19)6(3-18)24-12(13)17-2-5(11(20)21)7-9(16-23)14-4-15-10(7)17/h2,4,6,8,12,18-19,22-23H,3H2,1H3,(H,20,21)(H,14,15,16)/t6?,8?,12?,13-/m1/s1. The smallest absolute Gasteiger partial charge is 0.338 e. The van der Waals surface area contributed by atoms with Crippen LogP contribution in [0.1, 0.15) is 23.5 Å². The van der Waals surface area contributed by atoms with Gasteiger partial charge in [0.15, 0.2) is 12.0 Å². The molecule has 1 fully saturated rings. The SMILES string of the molecule is C[C@@]1(O)C(O)C(CO)OC1n1cc(C(=O)O)c2c(NO)ncnc21. The maximum Gasteiger partial charge on any atom is 0.338 e. The van der Waals surface area contributed by atoms with Gasteiger partial charge in [-0.3, -0.25) is 10.7 Å². The number of carboxylic acids is 1. The van der Waals surface area contributed by atoms with E-state index >= 15 is 0 Å². The number of nitrogens with zero attached hydrogens (tertiary/aromatic N) is 3. The summed E-state index contributed by atoms with van der Waals surface area (Å²) in [5, 5.41) is 48.4. The quantitative estimate of drug-likeness (QED) is 0.377. The highest BCUT2D eigenvalue weighted by Crippen LogP contribution is 2.41. The highest BCUT2D eigenvalue weighted by Gasteiger charge is 2.53. The lowest BCUT2D eigenvalue weighted by Crippen LogP contribution is -2.44. The Labute approximate surface area is 134 Å². The zero-order valence-corrected chi connectivity index (χ0v) is 12.5. The fourth-order valence-corrected chi connectivity index (χ4v) is 2.90. The van der Waals surface area contributed by atoms with Crippen LogP contribution in [0, 0.1) is 0 Å². The number of aromatic carboxylic acids is 1. The summed E-state index contributed by atoms with van der Waals surface area (Å²) in [6, 6.07) is 0. The van der Waals surface area contributed by atoms with Crippen molar-refractivity contribution in [3.05, 3.63) is 18.1 Å². The molecular formula is C13H16N4O7. The Morgan fingerprint density at radius 3 is 2.75 bits per heavy atom. The molecular weight excluding hydrogens is 324 g/mol. The first-order valence-corrected chi connectivity index (χ1v) is 6.98. The Bertz CT molecular complexity index is 790. The third-order valence-corrected chi connectivity index (χ3v) is 4.13. The van der Waals surface area contributed by atoms with E-state index in [1.165, 1.54) is 11.5 Å². The average molecular weight is 340 g/mol. The molecule has 3 rings (SSSR count). The molecule has 0 aromatic carbocycles. The van der Waals surface area contributed by atoms with E-state index in [-0.39, 0.29) is 22.4 Å². The number of carboxylic acid groups (broad SMARTS) is 1. The summed E-state index contributed by atoms with van der Waals surface area (Å²) in [7, 11) is 0. The summed E-state index contributed by atoms with van der Waals surface area (Å²) in [5.41, 5.74) is -0.183. The topological polar surface area (TPSA) is 170 Å². The van der Waals surface area contributed by atoms with Crippen LogP contribution in [0.5, 0.6) is 0 Å². The van der Waals surface area contributed by atoms with E-state index < -0.39 is 36.6 Å². The van der Waals surface area contributed by atoms with Gasteiger partial charge in [0.2, 0.25) is 0 Å². The molecule has 2 aromatic heterocycles. The van der Waals surface area contributed by atoms with Crippen molar-refractivity contribution >= 4 is 22.8 Å². The van der Waals surface area contributed by atoms with Gasteiger partial charge in [0.25, 0.3) is 0 Å².